The third-order valence-electron chi connectivity index (χ3n) is 4.35. The second kappa shape index (κ2) is 6.29. The fraction of sp³-hybridized carbons (Fsp3) is 0.529. The molecule has 1 fully saturated rings. The lowest BCUT2D eigenvalue weighted by atomic mass is 9.63. The minimum atomic E-state index is -0.459. The minimum absolute atomic E-state index is 0.0155. The lowest BCUT2D eigenvalue weighted by Crippen LogP contribution is -2.54. The molecule has 0 N–H and O–H groups in total. The zero-order valence-electron chi connectivity index (χ0n) is 13.0. The molecule has 1 aliphatic rings. The maximum absolute atomic E-state index is 13.1. The Morgan fingerprint density at radius 1 is 1.24 bits per heavy atom. The molecule has 114 valence electrons. The van der Waals surface area contributed by atoms with Gasteiger partial charge in [-0.2, -0.15) is 0 Å². The molecule has 1 aromatic rings. The molecule has 0 saturated heterocycles. The SMILES string of the molecule is COC(=O)CN(C(=O)C1(c2ccccc2)CCC1)C(C)C. The molecular formula is C17H23NO3. The molecule has 0 radical (unpaired) electrons. The highest BCUT2D eigenvalue weighted by molar-refractivity contribution is 5.91. The first-order chi connectivity index (χ1) is 10.0. The molecule has 0 unspecified atom stereocenters. The van der Waals surface area contributed by atoms with Gasteiger partial charge in [0.05, 0.1) is 12.5 Å². The largest absolute Gasteiger partial charge is 0.468 e. The van der Waals surface area contributed by atoms with Crippen LogP contribution < -0.4 is 0 Å². The van der Waals surface area contributed by atoms with Crippen LogP contribution >= 0.6 is 0 Å². The number of carbonyl (C=O) groups excluding carboxylic acids is 2. The van der Waals surface area contributed by atoms with E-state index in [1.165, 1.54) is 7.11 Å². The van der Waals surface area contributed by atoms with Crippen LogP contribution in [0.5, 0.6) is 0 Å². The van der Waals surface area contributed by atoms with Gasteiger partial charge in [0.2, 0.25) is 5.91 Å². The van der Waals surface area contributed by atoms with Crippen molar-refractivity contribution in [1.29, 1.82) is 0 Å². The van der Waals surface area contributed by atoms with E-state index in [2.05, 4.69) is 0 Å². The van der Waals surface area contributed by atoms with Crippen LogP contribution in [0, 0.1) is 0 Å². The van der Waals surface area contributed by atoms with Gasteiger partial charge < -0.3 is 9.64 Å². The number of amides is 1. The van der Waals surface area contributed by atoms with Crippen LogP contribution in [0.3, 0.4) is 0 Å². The molecule has 0 aliphatic heterocycles. The Labute approximate surface area is 126 Å². The first kappa shape index (κ1) is 15.5. The van der Waals surface area contributed by atoms with E-state index >= 15 is 0 Å². The summed E-state index contributed by atoms with van der Waals surface area (Å²) in [5, 5.41) is 0. The zero-order valence-corrected chi connectivity index (χ0v) is 13.0. The Bertz CT molecular complexity index is 506. The van der Waals surface area contributed by atoms with E-state index in [9.17, 15) is 9.59 Å². The molecule has 21 heavy (non-hydrogen) atoms. The monoisotopic (exact) mass is 289 g/mol. The molecule has 0 atom stereocenters. The smallest absolute Gasteiger partial charge is 0.325 e. The molecule has 0 spiro atoms. The van der Waals surface area contributed by atoms with Gasteiger partial charge in [-0.1, -0.05) is 36.8 Å². The second-order valence-corrected chi connectivity index (χ2v) is 5.90. The van der Waals surface area contributed by atoms with Crippen LogP contribution in [0.1, 0.15) is 38.7 Å². The Morgan fingerprint density at radius 3 is 2.29 bits per heavy atom. The van der Waals surface area contributed by atoms with E-state index in [-0.39, 0.29) is 24.5 Å². The molecule has 2 rings (SSSR count). The number of esters is 1. The van der Waals surface area contributed by atoms with Gasteiger partial charge in [0.25, 0.3) is 0 Å². The number of benzene rings is 1. The van der Waals surface area contributed by atoms with Gasteiger partial charge in [0, 0.05) is 6.04 Å². The second-order valence-electron chi connectivity index (χ2n) is 5.90. The normalized spacial score (nSPS) is 16.2. The van der Waals surface area contributed by atoms with Crippen molar-refractivity contribution in [3.8, 4) is 0 Å². The summed E-state index contributed by atoms with van der Waals surface area (Å²) in [5.74, 6) is -0.333. The van der Waals surface area contributed by atoms with E-state index < -0.39 is 5.41 Å². The highest BCUT2D eigenvalue weighted by atomic mass is 16.5. The third kappa shape index (κ3) is 2.94. The average Bonchev–Trinajstić information content (AvgIpc) is 2.44. The molecule has 0 heterocycles. The van der Waals surface area contributed by atoms with Crippen molar-refractivity contribution >= 4 is 11.9 Å². The number of carbonyl (C=O) groups is 2. The third-order valence-corrected chi connectivity index (χ3v) is 4.35. The Kier molecular flexibility index (Phi) is 4.66. The first-order valence-electron chi connectivity index (χ1n) is 7.44. The summed E-state index contributed by atoms with van der Waals surface area (Å²) in [6.07, 6.45) is 2.74. The molecule has 0 aromatic heterocycles. The number of methoxy groups -OCH3 is 1. The fourth-order valence-corrected chi connectivity index (χ4v) is 2.88. The highest BCUT2D eigenvalue weighted by Gasteiger charge is 2.48. The maximum atomic E-state index is 13.1. The summed E-state index contributed by atoms with van der Waals surface area (Å²) >= 11 is 0. The van der Waals surface area contributed by atoms with Crippen molar-refractivity contribution in [3.05, 3.63) is 35.9 Å². The van der Waals surface area contributed by atoms with Gasteiger partial charge in [0.1, 0.15) is 6.54 Å². The van der Waals surface area contributed by atoms with E-state index in [0.717, 1.165) is 24.8 Å². The predicted molar refractivity (Wildman–Crippen MR) is 80.8 cm³/mol. The summed E-state index contributed by atoms with van der Waals surface area (Å²) in [5.41, 5.74) is 0.594. The lowest BCUT2D eigenvalue weighted by Gasteiger charge is -2.44. The summed E-state index contributed by atoms with van der Waals surface area (Å²) in [6, 6.07) is 9.86. The van der Waals surface area contributed by atoms with E-state index in [4.69, 9.17) is 4.74 Å². The average molecular weight is 289 g/mol. The zero-order chi connectivity index (χ0) is 15.5. The minimum Gasteiger partial charge on any atom is -0.468 e. The predicted octanol–water partition coefficient (Wildman–Crippen LogP) is 2.52. The summed E-state index contributed by atoms with van der Waals surface area (Å²) in [7, 11) is 1.35. The van der Waals surface area contributed by atoms with E-state index in [0.29, 0.717) is 0 Å². The highest BCUT2D eigenvalue weighted by Crippen LogP contribution is 2.45. The van der Waals surface area contributed by atoms with Crippen LogP contribution in [0.25, 0.3) is 0 Å². The van der Waals surface area contributed by atoms with Gasteiger partial charge in [0.15, 0.2) is 0 Å². The molecule has 1 amide bonds. The van der Waals surface area contributed by atoms with Gasteiger partial charge in [-0.05, 0) is 32.3 Å². The van der Waals surface area contributed by atoms with E-state index in [1.54, 1.807) is 4.90 Å². The van der Waals surface area contributed by atoms with Crippen LogP contribution in [-0.2, 0) is 19.7 Å². The summed E-state index contributed by atoms with van der Waals surface area (Å²) in [6.45, 7) is 3.87. The molecule has 0 bridgehead atoms. The maximum Gasteiger partial charge on any atom is 0.325 e. The molecule has 1 saturated carbocycles. The van der Waals surface area contributed by atoms with Gasteiger partial charge in [-0.25, -0.2) is 0 Å². The number of hydrogen-bond donors (Lipinski definition) is 0. The molecule has 4 heteroatoms. The summed E-state index contributed by atoms with van der Waals surface area (Å²) < 4.78 is 4.72. The Morgan fingerprint density at radius 2 is 1.86 bits per heavy atom. The van der Waals surface area contributed by atoms with E-state index in [1.807, 2.05) is 44.2 Å². The van der Waals surface area contributed by atoms with Crippen LogP contribution in [0.15, 0.2) is 30.3 Å². The summed E-state index contributed by atoms with van der Waals surface area (Å²) in [4.78, 5) is 26.3. The van der Waals surface area contributed by atoms with Gasteiger partial charge >= 0.3 is 5.97 Å². The first-order valence-corrected chi connectivity index (χ1v) is 7.44. The van der Waals surface area contributed by atoms with Crippen molar-refractivity contribution in [3.63, 3.8) is 0 Å². The van der Waals surface area contributed by atoms with Crippen LogP contribution in [-0.4, -0.2) is 36.5 Å². The Hall–Kier alpha value is -1.84. The van der Waals surface area contributed by atoms with Crippen LogP contribution in [0.4, 0.5) is 0 Å². The quantitative estimate of drug-likeness (QED) is 0.783. The van der Waals surface area contributed by atoms with Crippen molar-refractivity contribution in [2.45, 2.75) is 44.6 Å². The lowest BCUT2D eigenvalue weighted by molar-refractivity contribution is -0.152. The molecule has 1 aliphatic carbocycles. The number of rotatable bonds is 5. The van der Waals surface area contributed by atoms with Gasteiger partial charge in [-0.15, -0.1) is 0 Å². The van der Waals surface area contributed by atoms with Crippen molar-refractivity contribution < 1.29 is 14.3 Å². The van der Waals surface area contributed by atoms with Crippen molar-refractivity contribution in [1.82, 2.24) is 4.90 Å². The molecule has 4 nitrogen and oxygen atoms in total. The number of nitrogens with zero attached hydrogens (tertiary/aromatic N) is 1. The number of hydrogen-bond acceptors (Lipinski definition) is 3. The number of ether oxygens (including phenoxy) is 1. The van der Waals surface area contributed by atoms with Crippen molar-refractivity contribution in [2.75, 3.05) is 13.7 Å². The topological polar surface area (TPSA) is 46.6 Å². The van der Waals surface area contributed by atoms with Gasteiger partial charge in [-0.3, -0.25) is 9.59 Å². The standard InChI is InChI=1S/C17H23NO3/c1-13(2)18(12-15(19)21-3)16(20)17(10-7-11-17)14-8-5-4-6-9-14/h4-6,8-9,13H,7,10-12H2,1-3H3. The molecule has 1 aromatic carbocycles. The Balaban J connectivity index is 2.28. The molecular weight excluding hydrogens is 266 g/mol. The van der Waals surface area contributed by atoms with Crippen molar-refractivity contribution in [2.24, 2.45) is 0 Å². The van der Waals surface area contributed by atoms with Crippen LogP contribution in [0.2, 0.25) is 0 Å². The fourth-order valence-electron chi connectivity index (χ4n) is 2.88.